The molecule has 0 aliphatic carbocycles. The Hall–Kier alpha value is -2.47. The van der Waals surface area contributed by atoms with Crippen LogP contribution in [0.25, 0.3) is 0 Å². The minimum absolute atomic E-state index is 1.60. The molecule has 0 aromatic rings. The Bertz CT molecular complexity index is 420. The lowest BCUT2D eigenvalue weighted by molar-refractivity contribution is 1.52. The second kappa shape index (κ2) is 7.53. The number of nitrogens with one attached hydrogen (secondary N) is 1. The first-order valence-electron chi connectivity index (χ1n) is 2.47. The Kier molecular flexibility index (Phi) is 5.84. The molecule has 0 unspecified atom stereocenters. The molecular weight excluding hydrogens is 136 g/mol. The van der Waals surface area contributed by atoms with E-state index in [9.17, 15) is 0 Å². The van der Waals surface area contributed by atoms with Gasteiger partial charge in [-0.25, -0.2) is 0 Å². The Morgan fingerprint density at radius 2 is 1.64 bits per heavy atom. The van der Waals surface area contributed by atoms with Crippen LogP contribution in [0.5, 0.6) is 0 Å². The van der Waals surface area contributed by atoms with E-state index < -0.39 is 0 Å². The summed E-state index contributed by atoms with van der Waals surface area (Å²) >= 11 is 0. The zero-order chi connectivity index (χ0) is 8.36. The van der Waals surface area contributed by atoms with Crippen molar-refractivity contribution in [3.63, 3.8) is 0 Å². The van der Waals surface area contributed by atoms with Gasteiger partial charge >= 0.3 is 0 Å². The fourth-order valence-corrected chi connectivity index (χ4v) is 0.215. The van der Waals surface area contributed by atoms with E-state index in [2.05, 4.69) is 40.5 Å². The minimum atomic E-state index is 1.60. The Morgan fingerprint density at radius 1 is 1.00 bits per heavy atom. The van der Waals surface area contributed by atoms with Gasteiger partial charge in [0, 0.05) is 23.1 Å². The Labute approximate surface area is 63.9 Å². The van der Waals surface area contributed by atoms with E-state index in [4.69, 9.17) is 10.7 Å². The monoisotopic (exact) mass is 137 g/mol. The third kappa shape index (κ3) is 7.53. The van der Waals surface area contributed by atoms with Gasteiger partial charge in [-0.2, -0.15) is 5.26 Å². The van der Waals surface area contributed by atoms with E-state index in [1.165, 1.54) is 0 Å². The average molecular weight is 137 g/mol. The molecular formula is C9HN2+. The predicted octanol–water partition coefficient (Wildman–Crippen LogP) is 1.05. The largest absolute Gasteiger partial charge is 0.276 e. The first-order chi connectivity index (χ1) is 5.41. The highest BCUT2D eigenvalue weighted by Gasteiger charge is 1.66. The van der Waals surface area contributed by atoms with Crippen LogP contribution in [0, 0.1) is 22.8 Å². The van der Waals surface area contributed by atoms with Gasteiger partial charge in [-0.1, -0.05) is 0 Å². The van der Waals surface area contributed by atoms with Crippen molar-refractivity contribution in [2.75, 3.05) is 0 Å². The average Bonchev–Trinajstić information content (AvgIpc) is 2.03. The molecule has 46 valence electrons. The molecule has 0 rings (SSSR count). The van der Waals surface area contributed by atoms with Gasteiger partial charge in [0.2, 0.25) is 11.5 Å². The van der Waals surface area contributed by atoms with Gasteiger partial charge < -0.3 is 0 Å². The molecule has 11 heavy (non-hydrogen) atoms. The molecule has 0 aliphatic heterocycles. The summed E-state index contributed by atoms with van der Waals surface area (Å²) in [5.41, 5.74) is 13.7. The van der Waals surface area contributed by atoms with Gasteiger partial charge in [-0.15, -0.1) is 0 Å². The number of rotatable bonds is 0. The van der Waals surface area contributed by atoms with Crippen LogP contribution in [-0.4, -0.2) is 5.87 Å². The summed E-state index contributed by atoms with van der Waals surface area (Å²) in [6.45, 7) is 0. The van der Waals surface area contributed by atoms with Crippen molar-refractivity contribution in [2.24, 2.45) is 0 Å². The molecule has 0 heterocycles. The quantitative estimate of drug-likeness (QED) is 0.230. The number of hydrogen-bond acceptors (Lipinski definition) is 2. The zero-order valence-electron chi connectivity index (χ0n) is 5.45. The maximum atomic E-state index is 7.93. The molecule has 0 saturated carbocycles. The molecule has 2 nitrogen and oxygen atoms in total. The van der Waals surface area contributed by atoms with Gasteiger partial charge in [-0.3, -0.25) is 5.41 Å². The van der Waals surface area contributed by atoms with Crippen LogP contribution < -0.4 is 0 Å². The maximum Gasteiger partial charge on any atom is 0.276 e. The highest BCUT2D eigenvalue weighted by Crippen LogP contribution is 1.55. The summed E-state index contributed by atoms with van der Waals surface area (Å²) in [5.74, 6) is 1.84. The van der Waals surface area contributed by atoms with E-state index in [1.807, 2.05) is 5.87 Å². The van der Waals surface area contributed by atoms with Gasteiger partial charge in [0.25, 0.3) is 12.1 Å². The molecule has 0 amide bonds. The lowest BCUT2D eigenvalue weighted by Gasteiger charge is -1.30. The summed E-state index contributed by atoms with van der Waals surface area (Å²) < 4.78 is 0. The van der Waals surface area contributed by atoms with Crippen LogP contribution in [0.1, 0.15) is 0 Å². The van der Waals surface area contributed by atoms with Crippen molar-refractivity contribution in [2.45, 2.75) is 0 Å². The number of nitriles is 1. The van der Waals surface area contributed by atoms with Crippen LogP contribution in [0.2, 0.25) is 0 Å². The fraction of sp³-hybridized carbons (Fsp3) is 0. The molecule has 0 fully saturated rings. The van der Waals surface area contributed by atoms with Gasteiger partial charge in [0.1, 0.15) is 5.73 Å². The third-order valence-electron chi connectivity index (χ3n) is 0.493. The first kappa shape index (κ1) is 8.53. The highest BCUT2D eigenvalue weighted by molar-refractivity contribution is 5.45. The zero-order valence-corrected chi connectivity index (χ0v) is 5.45. The van der Waals surface area contributed by atoms with Crippen molar-refractivity contribution in [1.82, 2.24) is 0 Å². The number of nitrogens with zero attached hydrogens (tertiary/aromatic N) is 1. The number of hydrogen-bond donors (Lipinski definition) is 1. The highest BCUT2D eigenvalue weighted by atomic mass is 14.3. The smallest absolute Gasteiger partial charge is 0.251 e. The molecule has 0 aliphatic rings. The standard InChI is InChI=1S/C9HN2/c10-8-6-4-2-1-3-5-7-9-11/h10H/q+1. The van der Waals surface area contributed by atoms with Crippen molar-refractivity contribution >= 4 is 5.87 Å². The van der Waals surface area contributed by atoms with E-state index >= 15 is 0 Å². The summed E-state index contributed by atoms with van der Waals surface area (Å²) in [7, 11) is 0. The Morgan fingerprint density at radius 3 is 2.27 bits per heavy atom. The van der Waals surface area contributed by atoms with E-state index in [0.29, 0.717) is 0 Å². The van der Waals surface area contributed by atoms with Crippen LogP contribution >= 0.6 is 0 Å². The van der Waals surface area contributed by atoms with Crippen molar-refractivity contribution in [3.8, 4) is 6.07 Å². The van der Waals surface area contributed by atoms with Crippen LogP contribution in [-0.2, 0) is 0 Å². The molecule has 0 spiro atoms. The lowest BCUT2D eigenvalue weighted by atomic mass is 10.6. The van der Waals surface area contributed by atoms with Crippen LogP contribution in [0.4, 0.5) is 0 Å². The van der Waals surface area contributed by atoms with Crippen molar-refractivity contribution in [3.05, 3.63) is 40.5 Å². The molecule has 0 radical (unpaired) electrons. The molecule has 0 saturated heterocycles. The predicted molar refractivity (Wildman–Crippen MR) is 37.7 cm³/mol. The summed E-state index contributed by atoms with van der Waals surface area (Å²) in [5, 5.41) is 14.3. The summed E-state index contributed by atoms with van der Waals surface area (Å²) in [4.78, 5) is 0. The lowest BCUT2D eigenvalue weighted by Crippen LogP contribution is -1.34. The second-order valence-electron chi connectivity index (χ2n) is 1.11. The first-order valence-corrected chi connectivity index (χ1v) is 2.47. The van der Waals surface area contributed by atoms with Gasteiger partial charge in [0.15, 0.2) is 0 Å². The third-order valence-corrected chi connectivity index (χ3v) is 0.493. The maximum absolute atomic E-state index is 7.93. The van der Waals surface area contributed by atoms with Gasteiger partial charge in [-0.05, 0) is 0 Å². The van der Waals surface area contributed by atoms with Crippen molar-refractivity contribution in [1.29, 1.82) is 10.7 Å². The molecule has 0 atom stereocenters. The molecule has 0 bridgehead atoms. The molecule has 1 N–H and O–H groups in total. The fourth-order valence-electron chi connectivity index (χ4n) is 0.215. The molecule has 0 aromatic heterocycles. The summed E-state index contributed by atoms with van der Waals surface area (Å²) in [6, 6.07) is 1.60. The minimum Gasteiger partial charge on any atom is -0.251 e. The molecule has 2 heteroatoms. The van der Waals surface area contributed by atoms with E-state index in [1.54, 1.807) is 6.07 Å². The SMILES string of the molecule is N#C[C+]=C=C=C=C=C=C=C=N. The van der Waals surface area contributed by atoms with Crippen LogP contribution in [0.15, 0.2) is 34.4 Å². The van der Waals surface area contributed by atoms with E-state index in [0.717, 1.165) is 0 Å². The number of allylic oxidation sites excluding steroid dienone is 1. The summed E-state index contributed by atoms with van der Waals surface area (Å²) in [6.07, 6.45) is 2.08. The molecule has 0 aromatic carbocycles. The second-order valence-corrected chi connectivity index (χ2v) is 1.11. The van der Waals surface area contributed by atoms with E-state index in [-0.39, 0.29) is 0 Å². The normalized spacial score (nSPS) is 3.55. The van der Waals surface area contributed by atoms with Gasteiger partial charge in [0.05, 0.1) is 0 Å². The Balaban J connectivity index is 5.08. The van der Waals surface area contributed by atoms with Crippen LogP contribution in [0.3, 0.4) is 0 Å². The topological polar surface area (TPSA) is 47.6 Å². The van der Waals surface area contributed by atoms with Crippen molar-refractivity contribution < 1.29 is 0 Å².